The Morgan fingerprint density at radius 3 is 2.60 bits per heavy atom. The molecule has 1 aromatic heterocycles. The molecule has 2 aliphatic rings. The number of carbonyl (C=O) groups excluding carboxylic acids is 1. The lowest BCUT2D eigenvalue weighted by Crippen LogP contribution is -2.41. The van der Waals surface area contributed by atoms with Gasteiger partial charge in [-0.25, -0.2) is 0 Å². The van der Waals surface area contributed by atoms with E-state index in [4.69, 9.17) is 0 Å². The highest BCUT2D eigenvalue weighted by atomic mass is 16.3. The lowest BCUT2D eigenvalue weighted by atomic mass is 10.2. The fourth-order valence-corrected chi connectivity index (χ4v) is 3.37. The fraction of sp³-hybridized carbons (Fsp3) is 0.667. The predicted molar refractivity (Wildman–Crippen MR) is 76.7 cm³/mol. The van der Waals surface area contributed by atoms with Gasteiger partial charge in [0.05, 0.1) is 17.7 Å². The molecule has 110 valence electrons. The first-order chi connectivity index (χ1) is 9.58. The predicted octanol–water partition coefficient (Wildman–Crippen LogP) is 0.615. The molecule has 1 amide bonds. The van der Waals surface area contributed by atoms with Crippen LogP contribution in [0.25, 0.3) is 0 Å². The summed E-state index contributed by atoms with van der Waals surface area (Å²) in [6.45, 7) is 5.16. The maximum absolute atomic E-state index is 12.6. The van der Waals surface area contributed by atoms with Crippen molar-refractivity contribution in [3.05, 3.63) is 23.5 Å². The Kier molecular flexibility index (Phi) is 3.56. The van der Waals surface area contributed by atoms with Crippen molar-refractivity contribution in [2.45, 2.75) is 31.9 Å². The van der Waals surface area contributed by atoms with Gasteiger partial charge in [0.25, 0.3) is 5.91 Å². The van der Waals surface area contributed by atoms with Crippen molar-refractivity contribution in [1.29, 1.82) is 0 Å². The van der Waals surface area contributed by atoms with Crippen LogP contribution >= 0.6 is 0 Å². The molecule has 1 aromatic rings. The smallest absolute Gasteiger partial charge is 0.255 e. The first-order valence-electron chi connectivity index (χ1n) is 7.41. The van der Waals surface area contributed by atoms with Gasteiger partial charge in [-0.3, -0.25) is 9.69 Å². The second kappa shape index (κ2) is 5.22. The van der Waals surface area contributed by atoms with E-state index in [-0.39, 0.29) is 11.9 Å². The summed E-state index contributed by atoms with van der Waals surface area (Å²) in [6, 6.07) is 1.98. The molecule has 1 N–H and O–H groups in total. The van der Waals surface area contributed by atoms with E-state index in [1.54, 1.807) is 4.90 Å². The molecule has 2 atom stereocenters. The molecule has 5 heteroatoms. The number of rotatable bonds is 2. The number of aromatic nitrogens is 1. The largest absolute Gasteiger partial charge is 0.390 e. The van der Waals surface area contributed by atoms with Gasteiger partial charge >= 0.3 is 0 Å². The van der Waals surface area contributed by atoms with Crippen molar-refractivity contribution in [2.75, 3.05) is 26.2 Å². The van der Waals surface area contributed by atoms with Crippen molar-refractivity contribution in [1.82, 2.24) is 14.4 Å². The van der Waals surface area contributed by atoms with Gasteiger partial charge in [-0.2, -0.15) is 0 Å². The molecule has 20 heavy (non-hydrogen) atoms. The SMILES string of the molecule is Cc1c(C(=O)N2C[C@H](O)[C@@H](N3CCCC3)C2)ccn1C. The van der Waals surface area contributed by atoms with Gasteiger partial charge in [-0.15, -0.1) is 0 Å². The van der Waals surface area contributed by atoms with Crippen LogP contribution in [0.4, 0.5) is 0 Å². The first kappa shape index (κ1) is 13.6. The van der Waals surface area contributed by atoms with Crippen molar-refractivity contribution in [3.8, 4) is 0 Å². The molecule has 2 fully saturated rings. The summed E-state index contributed by atoms with van der Waals surface area (Å²) in [4.78, 5) is 16.7. The Labute approximate surface area is 119 Å². The van der Waals surface area contributed by atoms with Gasteiger partial charge in [-0.1, -0.05) is 0 Å². The molecule has 2 saturated heterocycles. The summed E-state index contributed by atoms with van der Waals surface area (Å²) in [5.74, 6) is 0.0452. The minimum atomic E-state index is -0.416. The van der Waals surface area contributed by atoms with E-state index in [0.29, 0.717) is 13.1 Å². The van der Waals surface area contributed by atoms with Crippen LogP contribution in [0, 0.1) is 6.92 Å². The summed E-state index contributed by atoms with van der Waals surface area (Å²) in [7, 11) is 1.94. The van der Waals surface area contributed by atoms with Crippen LogP contribution in [0.15, 0.2) is 12.3 Å². The first-order valence-corrected chi connectivity index (χ1v) is 7.41. The summed E-state index contributed by atoms with van der Waals surface area (Å²) in [5, 5.41) is 10.2. The lowest BCUT2D eigenvalue weighted by Gasteiger charge is -2.25. The summed E-state index contributed by atoms with van der Waals surface area (Å²) < 4.78 is 1.96. The molecule has 0 spiro atoms. The number of nitrogens with zero attached hydrogens (tertiary/aromatic N) is 3. The Hall–Kier alpha value is -1.33. The molecule has 0 saturated carbocycles. The van der Waals surface area contributed by atoms with Gasteiger partial charge in [0, 0.05) is 32.0 Å². The topological polar surface area (TPSA) is 48.7 Å². The standard InChI is InChI=1S/C15H23N3O2/c1-11-12(5-8-16(11)2)15(20)18-9-13(14(19)10-18)17-6-3-4-7-17/h5,8,13-14,19H,3-4,6-7,9-10H2,1-2H3/t13-,14-/m0/s1. The minimum absolute atomic E-state index is 0.0452. The number of aryl methyl sites for hydroxylation is 1. The van der Waals surface area contributed by atoms with Crippen molar-refractivity contribution in [3.63, 3.8) is 0 Å². The lowest BCUT2D eigenvalue weighted by molar-refractivity contribution is 0.0762. The van der Waals surface area contributed by atoms with Gasteiger partial charge in [-0.05, 0) is 38.9 Å². The van der Waals surface area contributed by atoms with E-state index in [1.165, 1.54) is 12.8 Å². The molecule has 0 bridgehead atoms. The molecule has 3 heterocycles. The average Bonchev–Trinajstić information content (AvgIpc) is 3.12. The van der Waals surface area contributed by atoms with Crippen LogP contribution in [-0.2, 0) is 7.05 Å². The molecule has 3 rings (SSSR count). The Balaban J connectivity index is 1.72. The molecule has 0 aromatic carbocycles. The average molecular weight is 277 g/mol. The third kappa shape index (κ3) is 2.25. The van der Waals surface area contributed by atoms with Crippen molar-refractivity contribution in [2.24, 2.45) is 7.05 Å². The molecule has 5 nitrogen and oxygen atoms in total. The number of amides is 1. The number of aliphatic hydroxyl groups excluding tert-OH is 1. The Morgan fingerprint density at radius 1 is 1.30 bits per heavy atom. The van der Waals surface area contributed by atoms with E-state index in [9.17, 15) is 9.90 Å². The molecule has 0 radical (unpaired) electrons. The number of likely N-dealkylation sites (tertiary alicyclic amines) is 2. The summed E-state index contributed by atoms with van der Waals surface area (Å²) >= 11 is 0. The zero-order valence-electron chi connectivity index (χ0n) is 12.2. The number of β-amino-alcohol motifs (C(OH)–C–C–N with tert-alkyl or cyclic N) is 1. The summed E-state index contributed by atoms with van der Waals surface area (Å²) in [5.41, 5.74) is 1.73. The third-order valence-electron chi connectivity index (χ3n) is 4.77. The fourth-order valence-electron chi connectivity index (χ4n) is 3.37. The number of aliphatic hydroxyl groups is 1. The highest BCUT2D eigenvalue weighted by Crippen LogP contribution is 2.23. The number of hydrogen-bond donors (Lipinski definition) is 1. The van der Waals surface area contributed by atoms with Gasteiger partial charge in [0.1, 0.15) is 0 Å². The normalized spacial score (nSPS) is 27.4. The van der Waals surface area contributed by atoms with Crippen LogP contribution in [0.2, 0.25) is 0 Å². The monoisotopic (exact) mass is 277 g/mol. The van der Waals surface area contributed by atoms with Crippen LogP contribution < -0.4 is 0 Å². The second-order valence-electron chi connectivity index (χ2n) is 6.01. The number of hydrogen-bond acceptors (Lipinski definition) is 3. The van der Waals surface area contributed by atoms with E-state index < -0.39 is 6.10 Å². The Morgan fingerprint density at radius 2 is 2.00 bits per heavy atom. The molecule has 0 aliphatic carbocycles. The van der Waals surface area contributed by atoms with Gasteiger partial charge in [0.2, 0.25) is 0 Å². The van der Waals surface area contributed by atoms with Crippen LogP contribution in [0.1, 0.15) is 28.9 Å². The van der Waals surface area contributed by atoms with E-state index in [2.05, 4.69) is 4.90 Å². The van der Waals surface area contributed by atoms with E-state index in [0.717, 1.165) is 24.3 Å². The van der Waals surface area contributed by atoms with Crippen LogP contribution in [-0.4, -0.2) is 63.7 Å². The third-order valence-corrected chi connectivity index (χ3v) is 4.77. The van der Waals surface area contributed by atoms with Crippen LogP contribution in [0.5, 0.6) is 0 Å². The maximum atomic E-state index is 12.6. The van der Waals surface area contributed by atoms with Gasteiger partial charge in [0.15, 0.2) is 0 Å². The van der Waals surface area contributed by atoms with E-state index in [1.807, 2.05) is 30.8 Å². The maximum Gasteiger partial charge on any atom is 0.255 e. The highest BCUT2D eigenvalue weighted by Gasteiger charge is 2.38. The minimum Gasteiger partial charge on any atom is -0.390 e. The van der Waals surface area contributed by atoms with Crippen molar-refractivity contribution < 1.29 is 9.90 Å². The van der Waals surface area contributed by atoms with Crippen molar-refractivity contribution >= 4 is 5.91 Å². The Bertz CT molecular complexity index is 505. The van der Waals surface area contributed by atoms with E-state index >= 15 is 0 Å². The molecular weight excluding hydrogens is 254 g/mol. The van der Waals surface area contributed by atoms with Crippen LogP contribution in [0.3, 0.4) is 0 Å². The zero-order valence-corrected chi connectivity index (χ0v) is 12.2. The summed E-state index contributed by atoms with van der Waals surface area (Å²) in [6.07, 6.45) is 3.90. The molecule has 2 aliphatic heterocycles. The molecular formula is C15H23N3O2. The second-order valence-corrected chi connectivity index (χ2v) is 6.01. The molecule has 0 unspecified atom stereocenters. The van der Waals surface area contributed by atoms with Gasteiger partial charge < -0.3 is 14.6 Å². The zero-order chi connectivity index (χ0) is 14.3. The number of carbonyl (C=O) groups is 1. The quantitative estimate of drug-likeness (QED) is 0.862. The highest BCUT2D eigenvalue weighted by molar-refractivity contribution is 5.95.